The molecule has 1 aromatic rings. The molecular formula is C12H11N3O3S. The molecule has 0 radical (unpaired) electrons. The van der Waals surface area contributed by atoms with Gasteiger partial charge in [0.25, 0.3) is 0 Å². The second-order valence-electron chi connectivity index (χ2n) is 3.50. The van der Waals surface area contributed by atoms with Crippen molar-refractivity contribution in [2.45, 2.75) is 13.3 Å². The van der Waals surface area contributed by atoms with E-state index in [0.717, 1.165) is 5.56 Å². The fourth-order valence-corrected chi connectivity index (χ4v) is 1.45. The first-order chi connectivity index (χ1) is 9.02. The summed E-state index contributed by atoms with van der Waals surface area (Å²) in [5.41, 5.74) is 1.08. The highest BCUT2D eigenvalue weighted by Gasteiger charge is 2.09. The van der Waals surface area contributed by atoms with Gasteiger partial charge < -0.3 is 0 Å². The fourth-order valence-electron chi connectivity index (χ4n) is 1.16. The topological polar surface area (TPSA) is 103 Å². The van der Waals surface area contributed by atoms with Crippen molar-refractivity contribution in [3.05, 3.63) is 35.4 Å². The molecule has 0 amide bonds. The third-order valence-electron chi connectivity index (χ3n) is 2.21. The average Bonchev–Trinajstić information content (AvgIpc) is 2.41. The Morgan fingerprint density at radius 1 is 1.32 bits per heavy atom. The largest absolute Gasteiger partial charge is 0.328 e. The summed E-state index contributed by atoms with van der Waals surface area (Å²) >= 11 is 0. The van der Waals surface area contributed by atoms with Gasteiger partial charge in [-0.2, -0.15) is 18.9 Å². The maximum atomic E-state index is 11.1. The SMILES string of the molecule is CCS(=O)(=O)ON=C(C#N)c1ccc(CC#N)cc1. The Labute approximate surface area is 111 Å². The molecule has 0 saturated heterocycles. The molecule has 7 heteroatoms. The molecule has 0 aliphatic heterocycles. The van der Waals surface area contributed by atoms with Crippen molar-refractivity contribution in [2.75, 3.05) is 5.75 Å². The summed E-state index contributed by atoms with van der Waals surface area (Å²) in [6.45, 7) is 1.41. The molecule has 0 saturated carbocycles. The minimum atomic E-state index is -3.73. The zero-order valence-corrected chi connectivity index (χ0v) is 11.0. The summed E-state index contributed by atoms with van der Waals surface area (Å²) in [5, 5.41) is 20.8. The number of oxime groups is 1. The molecule has 98 valence electrons. The van der Waals surface area contributed by atoms with E-state index in [1.165, 1.54) is 6.92 Å². The van der Waals surface area contributed by atoms with Crippen molar-refractivity contribution in [3.63, 3.8) is 0 Å². The molecule has 0 bridgehead atoms. The van der Waals surface area contributed by atoms with Crippen LogP contribution < -0.4 is 0 Å². The van der Waals surface area contributed by atoms with Gasteiger partial charge in [-0.05, 0) is 12.5 Å². The van der Waals surface area contributed by atoms with Crippen molar-refractivity contribution in [2.24, 2.45) is 5.16 Å². The Balaban J connectivity index is 2.96. The molecule has 0 aliphatic carbocycles. The lowest BCUT2D eigenvalue weighted by atomic mass is 10.1. The first kappa shape index (κ1) is 14.7. The third kappa shape index (κ3) is 4.41. The predicted molar refractivity (Wildman–Crippen MR) is 68.5 cm³/mol. The van der Waals surface area contributed by atoms with Crippen molar-refractivity contribution >= 4 is 15.8 Å². The molecule has 0 aliphatic rings. The minimum Gasteiger partial charge on any atom is -0.267 e. The Bertz CT molecular complexity index is 649. The van der Waals surface area contributed by atoms with Gasteiger partial charge in [-0.1, -0.05) is 29.4 Å². The number of nitriles is 2. The van der Waals surface area contributed by atoms with Crippen LogP contribution in [0.3, 0.4) is 0 Å². The molecule has 0 fully saturated rings. The van der Waals surface area contributed by atoms with E-state index in [0.29, 0.717) is 5.56 Å². The summed E-state index contributed by atoms with van der Waals surface area (Å²) in [5.74, 6) is -0.226. The van der Waals surface area contributed by atoms with Crippen LogP contribution in [0.15, 0.2) is 29.4 Å². The highest BCUT2D eigenvalue weighted by Crippen LogP contribution is 2.07. The van der Waals surface area contributed by atoms with E-state index in [2.05, 4.69) is 9.44 Å². The van der Waals surface area contributed by atoms with Crippen molar-refractivity contribution < 1.29 is 12.7 Å². The van der Waals surface area contributed by atoms with Crippen molar-refractivity contribution in [1.82, 2.24) is 0 Å². The van der Waals surface area contributed by atoms with Gasteiger partial charge in [0.05, 0.1) is 18.2 Å². The van der Waals surface area contributed by atoms with E-state index >= 15 is 0 Å². The minimum absolute atomic E-state index is 0.138. The number of benzene rings is 1. The van der Waals surface area contributed by atoms with Gasteiger partial charge in [-0.15, -0.1) is 0 Å². The Kier molecular flexibility index (Phi) is 5.04. The van der Waals surface area contributed by atoms with Gasteiger partial charge in [0.15, 0.2) is 5.71 Å². The lowest BCUT2D eigenvalue weighted by Gasteiger charge is -2.00. The van der Waals surface area contributed by atoms with Gasteiger partial charge in [0.2, 0.25) is 0 Å². The fraction of sp³-hybridized carbons (Fsp3) is 0.250. The highest BCUT2D eigenvalue weighted by atomic mass is 32.2. The smallest absolute Gasteiger partial charge is 0.267 e. The molecule has 0 spiro atoms. The van der Waals surface area contributed by atoms with Gasteiger partial charge >= 0.3 is 10.1 Å². The third-order valence-corrected chi connectivity index (χ3v) is 3.22. The standard InChI is InChI=1S/C12H11N3O3S/c1-2-19(16,17)18-15-12(9-14)11-5-3-10(4-6-11)7-8-13/h3-6H,2,7H2,1H3. The first-order valence-electron chi connectivity index (χ1n) is 5.38. The Morgan fingerprint density at radius 2 is 1.95 bits per heavy atom. The van der Waals surface area contributed by atoms with Crippen LogP contribution in [0.4, 0.5) is 0 Å². The van der Waals surface area contributed by atoms with Crippen LogP contribution in [0, 0.1) is 22.7 Å². The van der Waals surface area contributed by atoms with E-state index in [9.17, 15) is 8.42 Å². The number of nitrogens with zero attached hydrogens (tertiary/aromatic N) is 3. The maximum Gasteiger partial charge on any atom is 0.328 e. The second kappa shape index (κ2) is 6.53. The molecule has 1 rings (SSSR count). The van der Waals surface area contributed by atoms with E-state index in [1.54, 1.807) is 30.3 Å². The quantitative estimate of drug-likeness (QED) is 0.596. The van der Waals surface area contributed by atoms with E-state index in [-0.39, 0.29) is 17.9 Å². The highest BCUT2D eigenvalue weighted by molar-refractivity contribution is 7.86. The van der Waals surface area contributed by atoms with Crippen molar-refractivity contribution in [3.8, 4) is 12.1 Å². The van der Waals surface area contributed by atoms with Crippen LogP contribution in [0.1, 0.15) is 18.1 Å². The lowest BCUT2D eigenvalue weighted by Crippen LogP contribution is -2.07. The summed E-state index contributed by atoms with van der Waals surface area (Å²) in [6.07, 6.45) is 0.264. The molecule has 0 N–H and O–H groups in total. The summed E-state index contributed by atoms with van der Waals surface area (Å²) in [7, 11) is -3.73. The van der Waals surface area contributed by atoms with Crippen LogP contribution in [0.5, 0.6) is 0 Å². The molecule has 6 nitrogen and oxygen atoms in total. The molecule has 1 aromatic carbocycles. The van der Waals surface area contributed by atoms with Crippen LogP contribution >= 0.6 is 0 Å². The summed E-state index contributed by atoms with van der Waals surface area (Å²) in [6, 6.07) is 10.3. The van der Waals surface area contributed by atoms with E-state index in [4.69, 9.17) is 10.5 Å². The first-order valence-corrected chi connectivity index (χ1v) is 6.96. The second-order valence-corrected chi connectivity index (χ2v) is 5.35. The Morgan fingerprint density at radius 3 is 2.42 bits per heavy atom. The van der Waals surface area contributed by atoms with Gasteiger partial charge in [-0.25, -0.2) is 0 Å². The molecule has 0 heterocycles. The molecule has 0 aromatic heterocycles. The van der Waals surface area contributed by atoms with Crippen LogP contribution in [0.2, 0.25) is 0 Å². The van der Waals surface area contributed by atoms with E-state index < -0.39 is 10.1 Å². The van der Waals surface area contributed by atoms with E-state index in [1.807, 2.05) is 6.07 Å². The van der Waals surface area contributed by atoms with Gasteiger partial charge in [0, 0.05) is 5.56 Å². The molecule has 19 heavy (non-hydrogen) atoms. The monoisotopic (exact) mass is 277 g/mol. The van der Waals surface area contributed by atoms with Crippen molar-refractivity contribution in [1.29, 1.82) is 10.5 Å². The zero-order chi connectivity index (χ0) is 14.3. The summed E-state index contributed by atoms with van der Waals surface area (Å²) < 4.78 is 26.6. The zero-order valence-electron chi connectivity index (χ0n) is 10.2. The van der Waals surface area contributed by atoms with Crippen LogP contribution in [0.25, 0.3) is 0 Å². The van der Waals surface area contributed by atoms with Crippen LogP contribution in [-0.4, -0.2) is 19.9 Å². The lowest BCUT2D eigenvalue weighted by molar-refractivity contribution is 0.340. The Hall–Kier alpha value is -2.38. The molecule has 0 atom stereocenters. The number of rotatable bonds is 5. The normalized spacial score (nSPS) is 11.4. The predicted octanol–water partition coefficient (Wildman–Crippen LogP) is 1.35. The summed E-state index contributed by atoms with van der Waals surface area (Å²) in [4.78, 5) is 0. The number of hydrogen-bond donors (Lipinski definition) is 0. The van der Waals surface area contributed by atoms with Gasteiger partial charge in [-0.3, -0.25) is 4.28 Å². The van der Waals surface area contributed by atoms with Crippen LogP contribution in [-0.2, 0) is 20.8 Å². The number of hydrogen-bond acceptors (Lipinski definition) is 6. The molecule has 0 unspecified atom stereocenters. The average molecular weight is 277 g/mol. The maximum absolute atomic E-state index is 11.1. The van der Waals surface area contributed by atoms with Gasteiger partial charge in [0.1, 0.15) is 6.07 Å². The molecular weight excluding hydrogens is 266 g/mol.